The van der Waals surface area contributed by atoms with Gasteiger partial charge in [-0.1, -0.05) is 6.07 Å². The smallest absolute Gasteiger partial charge is 0.338 e. The van der Waals surface area contributed by atoms with E-state index in [0.29, 0.717) is 29.7 Å². The maximum atomic E-state index is 14.3. The largest absolute Gasteiger partial charge is 0.468 e. The molecular weight excluding hydrogens is 482 g/mol. The van der Waals surface area contributed by atoms with Gasteiger partial charge in [-0.25, -0.2) is 23.6 Å². The maximum Gasteiger partial charge on any atom is 0.338 e. The van der Waals surface area contributed by atoms with Gasteiger partial charge in [-0.15, -0.1) is 11.3 Å². The van der Waals surface area contributed by atoms with E-state index in [1.807, 2.05) is 4.90 Å². The zero-order valence-electron chi connectivity index (χ0n) is 19.3. The summed E-state index contributed by atoms with van der Waals surface area (Å²) in [7, 11) is 2.52. The van der Waals surface area contributed by atoms with Crippen molar-refractivity contribution in [1.29, 1.82) is 0 Å². The summed E-state index contributed by atoms with van der Waals surface area (Å²) in [4.78, 5) is 36.3. The SMILES string of the molecule is COC(=O)C1=C(CN2CCOC[C@H]2C(=O)OC)NC(c2nccs2)=N[C@@]1(C)c1ccc(F)c(F)c1. The molecule has 4 rings (SSSR count). The third-order valence-electron chi connectivity index (χ3n) is 5.97. The zero-order valence-corrected chi connectivity index (χ0v) is 20.2. The number of nitrogens with zero attached hydrogens (tertiary/aromatic N) is 3. The Morgan fingerprint density at radius 3 is 2.74 bits per heavy atom. The second kappa shape index (κ2) is 10.2. The molecule has 2 atom stereocenters. The Bertz CT molecular complexity index is 1190. The van der Waals surface area contributed by atoms with Crippen LogP contribution >= 0.6 is 11.3 Å². The number of ether oxygens (including phenoxy) is 3. The minimum Gasteiger partial charge on any atom is -0.468 e. The van der Waals surface area contributed by atoms with Crippen molar-refractivity contribution in [3.8, 4) is 0 Å². The zero-order chi connectivity index (χ0) is 25.2. The Morgan fingerprint density at radius 2 is 2.09 bits per heavy atom. The molecule has 1 aromatic carbocycles. The van der Waals surface area contributed by atoms with Gasteiger partial charge in [-0.3, -0.25) is 9.69 Å². The summed E-state index contributed by atoms with van der Waals surface area (Å²) in [5.41, 5.74) is -0.714. The highest BCUT2D eigenvalue weighted by Crippen LogP contribution is 2.39. The van der Waals surface area contributed by atoms with E-state index in [2.05, 4.69) is 10.3 Å². The molecule has 0 saturated carbocycles. The Labute approximate surface area is 204 Å². The summed E-state index contributed by atoms with van der Waals surface area (Å²) < 4.78 is 43.5. The molecule has 12 heteroatoms. The van der Waals surface area contributed by atoms with E-state index >= 15 is 0 Å². The molecule has 0 aliphatic carbocycles. The fraction of sp³-hybridized carbons (Fsp3) is 0.391. The normalized spacial score (nSPS) is 22.9. The Morgan fingerprint density at radius 1 is 1.29 bits per heavy atom. The van der Waals surface area contributed by atoms with Crippen LogP contribution in [0.4, 0.5) is 8.78 Å². The predicted octanol–water partition coefficient (Wildman–Crippen LogP) is 1.99. The first-order valence-corrected chi connectivity index (χ1v) is 11.6. The standard InChI is InChI=1S/C23H24F2N4O5S/c1-23(13-4-5-14(24)15(25)10-13)18(22(31)33-3)16(27-19(28-23)20-26-6-9-35-20)11-29-7-8-34-12-17(29)21(30)32-2/h4-6,9-10,17H,7-8,11-12H2,1-3H3,(H,27,28)/t17-,23-/m0/s1. The van der Waals surface area contributed by atoms with Crippen LogP contribution < -0.4 is 5.32 Å². The average molecular weight is 507 g/mol. The topological polar surface area (TPSA) is 102 Å². The Balaban J connectivity index is 1.87. The lowest BCUT2D eigenvalue weighted by atomic mass is 9.82. The lowest BCUT2D eigenvalue weighted by molar-refractivity contribution is -0.152. The minimum atomic E-state index is -1.45. The van der Waals surface area contributed by atoms with Gasteiger partial charge < -0.3 is 19.5 Å². The van der Waals surface area contributed by atoms with Crippen molar-refractivity contribution >= 4 is 29.1 Å². The Hall–Kier alpha value is -3.22. The quantitative estimate of drug-likeness (QED) is 0.594. The maximum absolute atomic E-state index is 14.3. The summed E-state index contributed by atoms with van der Waals surface area (Å²) >= 11 is 1.32. The van der Waals surface area contributed by atoms with Crippen LogP contribution in [-0.4, -0.2) is 74.2 Å². The van der Waals surface area contributed by atoms with E-state index < -0.39 is 35.2 Å². The number of halogens is 2. The predicted molar refractivity (Wildman–Crippen MR) is 123 cm³/mol. The van der Waals surface area contributed by atoms with E-state index in [4.69, 9.17) is 19.2 Å². The molecule has 1 N–H and O–H groups in total. The monoisotopic (exact) mass is 506 g/mol. The molecule has 1 aromatic heterocycles. The molecule has 0 unspecified atom stereocenters. The molecule has 0 amide bonds. The number of aliphatic imine (C=N–C) groups is 1. The fourth-order valence-corrected chi connectivity index (χ4v) is 4.76. The number of benzene rings is 1. The van der Waals surface area contributed by atoms with Crippen LogP contribution in [0.15, 0.2) is 46.0 Å². The molecular formula is C23H24F2N4O5S. The molecule has 2 aliphatic heterocycles. The Kier molecular flexibility index (Phi) is 7.24. The minimum absolute atomic E-state index is 0.0985. The molecule has 35 heavy (non-hydrogen) atoms. The molecule has 0 spiro atoms. The number of morpholine rings is 1. The van der Waals surface area contributed by atoms with Crippen LogP contribution in [0.5, 0.6) is 0 Å². The van der Waals surface area contributed by atoms with Crippen LogP contribution in [-0.2, 0) is 29.3 Å². The van der Waals surface area contributed by atoms with Gasteiger partial charge in [0, 0.05) is 30.4 Å². The molecule has 0 bridgehead atoms. The van der Waals surface area contributed by atoms with Gasteiger partial charge in [0.15, 0.2) is 22.5 Å². The third kappa shape index (κ3) is 4.81. The molecule has 0 radical (unpaired) electrons. The second-order valence-electron chi connectivity index (χ2n) is 8.05. The van der Waals surface area contributed by atoms with Crippen LogP contribution in [0.2, 0.25) is 0 Å². The number of esters is 2. The number of carbonyl (C=O) groups excluding carboxylic acids is 2. The van der Waals surface area contributed by atoms with Gasteiger partial charge in [0.05, 0.1) is 33.0 Å². The number of hydrogen-bond acceptors (Lipinski definition) is 10. The number of amidine groups is 1. The lowest BCUT2D eigenvalue weighted by Crippen LogP contribution is -2.53. The van der Waals surface area contributed by atoms with Crippen molar-refractivity contribution in [3.05, 3.63) is 63.3 Å². The van der Waals surface area contributed by atoms with Crippen molar-refractivity contribution in [2.45, 2.75) is 18.5 Å². The van der Waals surface area contributed by atoms with Crippen LogP contribution in [0.1, 0.15) is 17.5 Å². The molecule has 2 aliphatic rings. The summed E-state index contributed by atoms with van der Waals surface area (Å²) in [5.74, 6) is -2.92. The van der Waals surface area contributed by atoms with Gasteiger partial charge in [0.1, 0.15) is 11.6 Å². The molecule has 3 heterocycles. The molecule has 1 fully saturated rings. The van der Waals surface area contributed by atoms with Crippen molar-refractivity contribution in [2.75, 3.05) is 40.5 Å². The van der Waals surface area contributed by atoms with E-state index in [0.717, 1.165) is 12.1 Å². The highest BCUT2D eigenvalue weighted by Gasteiger charge is 2.44. The van der Waals surface area contributed by atoms with E-state index in [1.165, 1.54) is 31.6 Å². The van der Waals surface area contributed by atoms with E-state index in [1.54, 1.807) is 18.5 Å². The number of thiazole rings is 1. The summed E-state index contributed by atoms with van der Waals surface area (Å²) in [5, 5.41) is 5.47. The average Bonchev–Trinajstić information content (AvgIpc) is 3.40. The highest BCUT2D eigenvalue weighted by atomic mass is 32.1. The molecule has 9 nitrogen and oxygen atoms in total. The number of rotatable bonds is 6. The van der Waals surface area contributed by atoms with Gasteiger partial charge >= 0.3 is 11.9 Å². The van der Waals surface area contributed by atoms with E-state index in [9.17, 15) is 18.4 Å². The van der Waals surface area contributed by atoms with Crippen molar-refractivity contribution in [2.24, 2.45) is 4.99 Å². The van der Waals surface area contributed by atoms with Crippen LogP contribution in [0.3, 0.4) is 0 Å². The second-order valence-corrected chi connectivity index (χ2v) is 8.95. The summed E-state index contributed by atoms with van der Waals surface area (Å²) in [6.45, 7) is 2.63. The third-order valence-corrected chi connectivity index (χ3v) is 6.75. The van der Waals surface area contributed by atoms with Crippen molar-refractivity contribution in [1.82, 2.24) is 15.2 Å². The van der Waals surface area contributed by atoms with Crippen LogP contribution in [0, 0.1) is 11.6 Å². The van der Waals surface area contributed by atoms with Gasteiger partial charge in [0.2, 0.25) is 0 Å². The number of aromatic nitrogens is 1. The number of hydrogen-bond donors (Lipinski definition) is 1. The first kappa shape index (κ1) is 24.9. The summed E-state index contributed by atoms with van der Waals surface area (Å²) in [6, 6.07) is 2.68. The number of carbonyl (C=O) groups is 2. The molecule has 1 saturated heterocycles. The van der Waals surface area contributed by atoms with Crippen molar-refractivity contribution in [3.63, 3.8) is 0 Å². The first-order valence-electron chi connectivity index (χ1n) is 10.7. The molecule has 2 aromatic rings. The number of methoxy groups -OCH3 is 2. The highest BCUT2D eigenvalue weighted by molar-refractivity contribution is 7.11. The fourth-order valence-electron chi connectivity index (χ4n) is 4.18. The first-order chi connectivity index (χ1) is 16.8. The van der Waals surface area contributed by atoms with Gasteiger partial charge in [0.25, 0.3) is 0 Å². The summed E-state index contributed by atoms with van der Waals surface area (Å²) in [6.07, 6.45) is 1.60. The van der Waals surface area contributed by atoms with E-state index in [-0.39, 0.29) is 24.3 Å². The van der Waals surface area contributed by atoms with Crippen molar-refractivity contribution < 1.29 is 32.6 Å². The molecule has 186 valence electrons. The van der Waals surface area contributed by atoms with Crippen LogP contribution in [0.25, 0.3) is 0 Å². The van der Waals surface area contributed by atoms with Gasteiger partial charge in [-0.2, -0.15) is 0 Å². The van der Waals surface area contributed by atoms with Gasteiger partial charge in [-0.05, 0) is 24.6 Å². The number of nitrogens with one attached hydrogen (secondary N) is 1. The lowest BCUT2D eigenvalue weighted by Gasteiger charge is -2.38.